The molecule has 5 heteroatoms. The van der Waals surface area contributed by atoms with E-state index in [1.54, 1.807) is 0 Å². The van der Waals surface area contributed by atoms with E-state index >= 15 is 0 Å². The van der Waals surface area contributed by atoms with Crippen molar-refractivity contribution in [3.05, 3.63) is 33.2 Å². The first kappa shape index (κ1) is 17.0. The van der Waals surface area contributed by atoms with E-state index in [0.29, 0.717) is 0 Å². The second kappa shape index (κ2) is 7.30. The summed E-state index contributed by atoms with van der Waals surface area (Å²) in [6.07, 6.45) is 2.10. The average molecular weight is 346 g/mol. The van der Waals surface area contributed by atoms with Crippen LogP contribution in [0.3, 0.4) is 0 Å². The minimum Gasteiger partial charge on any atom is -0.376 e. The molecule has 0 bridgehead atoms. The Labute approximate surface area is 141 Å². The number of likely N-dealkylation sites (N-methyl/N-ethyl adjacent to an activating group) is 1. The van der Waals surface area contributed by atoms with E-state index < -0.39 is 0 Å². The molecule has 1 aromatic carbocycles. The fourth-order valence-corrected chi connectivity index (χ4v) is 4.27. The highest BCUT2D eigenvalue weighted by Gasteiger charge is 2.21. The molecule has 116 valence electrons. The Hall–Kier alpha value is -0.320. The maximum Gasteiger partial charge on any atom is 0.0813 e. The molecule has 3 rings (SSSR count). The second-order valence-corrected chi connectivity index (χ2v) is 6.99. The zero-order chi connectivity index (χ0) is 14.1. The molecular weight excluding hydrogens is 325 g/mol. The Morgan fingerprint density at radius 2 is 2.14 bits per heavy atom. The summed E-state index contributed by atoms with van der Waals surface area (Å²) in [5, 5.41) is 2.30. The molecule has 0 radical (unpaired) electrons. The molecular formula is C16H21Cl2NOS. The maximum absolute atomic E-state index is 6.42. The van der Waals surface area contributed by atoms with Crippen LogP contribution in [0.15, 0.2) is 12.1 Å². The number of thiophene rings is 1. The molecule has 1 aliphatic heterocycles. The standard InChI is InChI=1S/C16H20ClNOS.ClH/c1-3-8-19-10-15-12-9-18(2)7-6-11-13(17)4-5-14(20-15)16(11)12;/h4-5H,3,6-10H2,1-2H3;1H. The third-order valence-electron chi connectivity index (χ3n) is 3.84. The lowest BCUT2D eigenvalue weighted by Crippen LogP contribution is -2.19. The number of hydrogen-bond acceptors (Lipinski definition) is 3. The van der Waals surface area contributed by atoms with Gasteiger partial charge in [0.25, 0.3) is 0 Å². The maximum atomic E-state index is 6.42. The molecule has 0 saturated carbocycles. The van der Waals surface area contributed by atoms with Crippen LogP contribution in [0, 0.1) is 0 Å². The lowest BCUT2D eigenvalue weighted by atomic mass is 10.0. The van der Waals surface area contributed by atoms with E-state index in [2.05, 4.69) is 24.9 Å². The molecule has 0 N–H and O–H groups in total. The van der Waals surface area contributed by atoms with Crippen molar-refractivity contribution in [2.24, 2.45) is 0 Å². The zero-order valence-corrected chi connectivity index (χ0v) is 14.8. The minimum absolute atomic E-state index is 0. The quantitative estimate of drug-likeness (QED) is 0.731. The highest BCUT2D eigenvalue weighted by Crippen LogP contribution is 2.39. The monoisotopic (exact) mass is 345 g/mol. The lowest BCUT2D eigenvalue weighted by molar-refractivity contribution is 0.122. The van der Waals surface area contributed by atoms with Crippen molar-refractivity contribution in [3.63, 3.8) is 0 Å². The Morgan fingerprint density at radius 3 is 2.90 bits per heavy atom. The van der Waals surface area contributed by atoms with Crippen molar-refractivity contribution in [1.82, 2.24) is 4.90 Å². The van der Waals surface area contributed by atoms with Crippen molar-refractivity contribution in [3.8, 4) is 0 Å². The van der Waals surface area contributed by atoms with Gasteiger partial charge in [0, 0.05) is 39.7 Å². The molecule has 0 fully saturated rings. The number of ether oxygens (including phenoxy) is 1. The fraction of sp³-hybridized carbons (Fsp3) is 0.500. The first-order chi connectivity index (χ1) is 9.70. The molecule has 2 heterocycles. The van der Waals surface area contributed by atoms with Gasteiger partial charge in [0.15, 0.2) is 0 Å². The SMILES string of the molecule is CCCOCc1sc2ccc(Cl)c3c2c1CN(C)CC3.Cl. The van der Waals surface area contributed by atoms with Gasteiger partial charge in [0.05, 0.1) is 6.61 Å². The van der Waals surface area contributed by atoms with Gasteiger partial charge in [-0.25, -0.2) is 0 Å². The van der Waals surface area contributed by atoms with Crippen molar-refractivity contribution in [1.29, 1.82) is 0 Å². The first-order valence-corrected chi connectivity index (χ1v) is 8.38. The van der Waals surface area contributed by atoms with Crippen LogP contribution >= 0.6 is 35.3 Å². The van der Waals surface area contributed by atoms with Crippen LogP contribution in [0.25, 0.3) is 10.1 Å². The lowest BCUT2D eigenvalue weighted by Gasteiger charge is -2.14. The van der Waals surface area contributed by atoms with Crippen LogP contribution in [0.5, 0.6) is 0 Å². The third kappa shape index (κ3) is 3.38. The third-order valence-corrected chi connectivity index (χ3v) is 5.37. The van der Waals surface area contributed by atoms with Crippen molar-refractivity contribution in [2.75, 3.05) is 20.2 Å². The zero-order valence-electron chi connectivity index (χ0n) is 12.4. The van der Waals surface area contributed by atoms with Gasteiger partial charge in [-0.15, -0.1) is 23.7 Å². The van der Waals surface area contributed by atoms with E-state index in [9.17, 15) is 0 Å². The van der Waals surface area contributed by atoms with Gasteiger partial charge >= 0.3 is 0 Å². The highest BCUT2D eigenvalue weighted by molar-refractivity contribution is 7.19. The van der Waals surface area contributed by atoms with Gasteiger partial charge < -0.3 is 9.64 Å². The summed E-state index contributed by atoms with van der Waals surface area (Å²) in [4.78, 5) is 3.74. The molecule has 1 aromatic heterocycles. The first-order valence-electron chi connectivity index (χ1n) is 7.18. The molecule has 0 aliphatic carbocycles. The molecule has 2 nitrogen and oxygen atoms in total. The van der Waals surface area contributed by atoms with Gasteiger partial charge in [-0.1, -0.05) is 18.5 Å². The second-order valence-electron chi connectivity index (χ2n) is 5.44. The fourth-order valence-electron chi connectivity index (χ4n) is 2.84. The number of rotatable bonds is 4. The van der Waals surface area contributed by atoms with Crippen molar-refractivity contribution < 1.29 is 4.74 Å². The Morgan fingerprint density at radius 1 is 1.33 bits per heavy atom. The summed E-state index contributed by atoms with van der Waals surface area (Å²) in [6.45, 7) is 5.77. The number of hydrogen-bond donors (Lipinski definition) is 0. The molecule has 21 heavy (non-hydrogen) atoms. The molecule has 0 amide bonds. The van der Waals surface area contributed by atoms with Crippen LogP contribution in [-0.2, 0) is 24.3 Å². The summed E-state index contributed by atoms with van der Waals surface area (Å²) >= 11 is 8.28. The van der Waals surface area contributed by atoms with Crippen molar-refractivity contribution in [2.45, 2.75) is 32.9 Å². The normalized spacial score (nSPS) is 15.0. The van der Waals surface area contributed by atoms with Gasteiger partial charge in [0.1, 0.15) is 0 Å². The predicted octanol–water partition coefficient (Wildman–Crippen LogP) is 4.89. The number of nitrogens with zero attached hydrogens (tertiary/aromatic N) is 1. The van der Waals surface area contributed by atoms with E-state index in [0.717, 1.165) is 44.2 Å². The average Bonchev–Trinajstić information content (AvgIpc) is 2.65. The van der Waals surface area contributed by atoms with Crippen LogP contribution in [0.1, 0.15) is 29.3 Å². The number of benzene rings is 1. The highest BCUT2D eigenvalue weighted by atomic mass is 35.5. The van der Waals surface area contributed by atoms with Crippen LogP contribution < -0.4 is 0 Å². The van der Waals surface area contributed by atoms with Gasteiger partial charge in [0.2, 0.25) is 0 Å². The molecule has 2 aromatic rings. The van der Waals surface area contributed by atoms with Crippen LogP contribution in [0.4, 0.5) is 0 Å². The summed E-state index contributed by atoms with van der Waals surface area (Å²) in [5.74, 6) is 0. The largest absolute Gasteiger partial charge is 0.376 e. The molecule has 0 saturated heterocycles. The van der Waals surface area contributed by atoms with Gasteiger partial charge in [-0.05, 0) is 43.1 Å². The van der Waals surface area contributed by atoms with Gasteiger partial charge in [-0.3, -0.25) is 0 Å². The van der Waals surface area contributed by atoms with E-state index in [1.165, 1.54) is 26.1 Å². The summed E-state index contributed by atoms with van der Waals surface area (Å²) in [7, 11) is 2.18. The smallest absolute Gasteiger partial charge is 0.0813 e. The number of halogens is 2. The Kier molecular flexibility index (Phi) is 5.92. The minimum atomic E-state index is 0. The van der Waals surface area contributed by atoms with E-state index in [1.807, 2.05) is 17.4 Å². The molecule has 1 aliphatic rings. The van der Waals surface area contributed by atoms with E-state index in [-0.39, 0.29) is 12.4 Å². The Bertz CT molecular complexity index is 626. The molecule has 0 atom stereocenters. The van der Waals surface area contributed by atoms with Crippen LogP contribution in [0.2, 0.25) is 5.02 Å². The molecule has 0 spiro atoms. The van der Waals surface area contributed by atoms with Crippen LogP contribution in [-0.4, -0.2) is 25.1 Å². The summed E-state index contributed by atoms with van der Waals surface area (Å²) < 4.78 is 7.12. The van der Waals surface area contributed by atoms with Crippen molar-refractivity contribution >= 4 is 45.4 Å². The summed E-state index contributed by atoms with van der Waals surface area (Å²) in [6, 6.07) is 4.20. The molecule has 0 unspecified atom stereocenters. The van der Waals surface area contributed by atoms with E-state index in [4.69, 9.17) is 16.3 Å². The Balaban J connectivity index is 0.00000161. The van der Waals surface area contributed by atoms with Gasteiger partial charge in [-0.2, -0.15) is 0 Å². The topological polar surface area (TPSA) is 12.5 Å². The summed E-state index contributed by atoms with van der Waals surface area (Å²) in [5.41, 5.74) is 2.75. The predicted molar refractivity (Wildman–Crippen MR) is 94.1 cm³/mol.